The van der Waals surface area contributed by atoms with E-state index >= 15 is 0 Å². The molecule has 114 valence electrons. The molecule has 1 saturated heterocycles. The third-order valence-corrected chi connectivity index (χ3v) is 3.66. The van der Waals surface area contributed by atoms with Gasteiger partial charge in [-0.05, 0) is 31.9 Å². The van der Waals surface area contributed by atoms with Crippen LogP contribution in [-0.4, -0.2) is 43.6 Å². The van der Waals surface area contributed by atoms with Crippen molar-refractivity contribution >= 4 is 11.9 Å². The summed E-state index contributed by atoms with van der Waals surface area (Å²) in [7, 11) is 1.38. The van der Waals surface area contributed by atoms with Gasteiger partial charge in [0.05, 0.1) is 25.2 Å². The lowest BCUT2D eigenvalue weighted by molar-refractivity contribution is -0.146. The molecule has 0 bridgehead atoms. The van der Waals surface area contributed by atoms with Crippen LogP contribution in [0.3, 0.4) is 0 Å². The third kappa shape index (κ3) is 3.54. The molecule has 1 heterocycles. The van der Waals surface area contributed by atoms with Gasteiger partial charge in [-0.25, -0.2) is 0 Å². The number of amides is 1. The second-order valence-corrected chi connectivity index (χ2v) is 5.04. The van der Waals surface area contributed by atoms with Crippen LogP contribution < -0.4 is 4.74 Å². The Labute approximate surface area is 124 Å². The van der Waals surface area contributed by atoms with Gasteiger partial charge in [0.15, 0.2) is 0 Å². The monoisotopic (exact) mass is 291 g/mol. The average molecular weight is 291 g/mol. The summed E-state index contributed by atoms with van der Waals surface area (Å²) in [5, 5.41) is 0. The van der Waals surface area contributed by atoms with E-state index in [4.69, 9.17) is 9.47 Å². The Morgan fingerprint density at radius 3 is 2.81 bits per heavy atom. The van der Waals surface area contributed by atoms with Crippen molar-refractivity contribution in [3.8, 4) is 5.75 Å². The predicted molar refractivity (Wildman–Crippen MR) is 78.3 cm³/mol. The van der Waals surface area contributed by atoms with Crippen LogP contribution in [0.4, 0.5) is 0 Å². The normalized spacial score (nSPS) is 18.2. The van der Waals surface area contributed by atoms with E-state index in [0.717, 1.165) is 12.8 Å². The molecular formula is C16H21NO4. The molecule has 1 aliphatic rings. The summed E-state index contributed by atoms with van der Waals surface area (Å²) < 4.78 is 10.3. The number of methoxy groups -OCH3 is 1. The molecule has 0 aliphatic carbocycles. The SMILES string of the molecule is CCOc1ccccc1C(=O)N1CCC[C@H](C(=O)OC)C1. The molecule has 1 fully saturated rings. The smallest absolute Gasteiger partial charge is 0.310 e. The first-order valence-electron chi connectivity index (χ1n) is 7.26. The molecule has 1 amide bonds. The average Bonchev–Trinajstić information content (AvgIpc) is 2.54. The minimum Gasteiger partial charge on any atom is -0.493 e. The fourth-order valence-electron chi connectivity index (χ4n) is 2.62. The Hall–Kier alpha value is -2.04. The van der Waals surface area contributed by atoms with Crippen LogP contribution in [0.2, 0.25) is 0 Å². The molecule has 0 radical (unpaired) electrons. The van der Waals surface area contributed by atoms with Gasteiger partial charge in [-0.1, -0.05) is 12.1 Å². The molecule has 0 saturated carbocycles. The highest BCUT2D eigenvalue weighted by Gasteiger charge is 2.30. The van der Waals surface area contributed by atoms with Crippen LogP contribution in [0, 0.1) is 5.92 Å². The van der Waals surface area contributed by atoms with Crippen LogP contribution in [0.25, 0.3) is 0 Å². The maximum Gasteiger partial charge on any atom is 0.310 e. The quantitative estimate of drug-likeness (QED) is 0.797. The van der Waals surface area contributed by atoms with Crippen LogP contribution >= 0.6 is 0 Å². The highest BCUT2D eigenvalue weighted by atomic mass is 16.5. The number of benzene rings is 1. The maximum absolute atomic E-state index is 12.6. The number of carbonyl (C=O) groups is 2. The molecule has 0 unspecified atom stereocenters. The van der Waals surface area contributed by atoms with Gasteiger partial charge in [0, 0.05) is 13.1 Å². The summed E-state index contributed by atoms with van der Waals surface area (Å²) in [5.41, 5.74) is 0.546. The highest BCUT2D eigenvalue weighted by Crippen LogP contribution is 2.24. The fraction of sp³-hybridized carbons (Fsp3) is 0.500. The molecule has 21 heavy (non-hydrogen) atoms. The van der Waals surface area contributed by atoms with Crippen molar-refractivity contribution in [2.75, 3.05) is 26.8 Å². The largest absolute Gasteiger partial charge is 0.493 e. The molecule has 2 rings (SSSR count). The predicted octanol–water partition coefficient (Wildman–Crippen LogP) is 2.11. The minimum absolute atomic E-state index is 0.0901. The lowest BCUT2D eigenvalue weighted by Crippen LogP contribution is -2.42. The van der Waals surface area contributed by atoms with Gasteiger partial charge in [-0.2, -0.15) is 0 Å². The van der Waals surface area contributed by atoms with E-state index in [9.17, 15) is 9.59 Å². The lowest BCUT2D eigenvalue weighted by atomic mass is 9.97. The number of hydrogen-bond donors (Lipinski definition) is 0. The van der Waals surface area contributed by atoms with Crippen molar-refractivity contribution in [3.05, 3.63) is 29.8 Å². The fourth-order valence-corrected chi connectivity index (χ4v) is 2.62. The summed E-state index contributed by atoms with van der Waals surface area (Å²) in [5.74, 6) is 0.0235. The van der Waals surface area contributed by atoms with Gasteiger partial charge in [0.1, 0.15) is 5.75 Å². The number of nitrogens with zero attached hydrogens (tertiary/aromatic N) is 1. The maximum atomic E-state index is 12.6. The molecule has 1 aliphatic heterocycles. The zero-order chi connectivity index (χ0) is 15.2. The number of rotatable bonds is 4. The van der Waals surface area contributed by atoms with Gasteiger partial charge < -0.3 is 14.4 Å². The number of piperidine rings is 1. The minimum atomic E-state index is -0.245. The molecule has 5 heteroatoms. The Balaban J connectivity index is 2.14. The van der Waals surface area contributed by atoms with Crippen molar-refractivity contribution in [3.63, 3.8) is 0 Å². The van der Waals surface area contributed by atoms with E-state index in [1.807, 2.05) is 19.1 Å². The first-order chi connectivity index (χ1) is 10.2. The van der Waals surface area contributed by atoms with E-state index in [-0.39, 0.29) is 17.8 Å². The molecule has 0 N–H and O–H groups in total. The van der Waals surface area contributed by atoms with Crippen molar-refractivity contribution in [1.82, 2.24) is 4.90 Å². The zero-order valence-corrected chi connectivity index (χ0v) is 12.5. The van der Waals surface area contributed by atoms with Crippen molar-refractivity contribution in [2.24, 2.45) is 5.92 Å². The number of carbonyl (C=O) groups excluding carboxylic acids is 2. The van der Waals surface area contributed by atoms with Crippen LogP contribution in [0.5, 0.6) is 5.75 Å². The first kappa shape index (κ1) is 15.4. The number of likely N-dealkylation sites (tertiary alicyclic amines) is 1. The Bertz CT molecular complexity index is 515. The van der Waals surface area contributed by atoms with Crippen LogP contribution in [0.15, 0.2) is 24.3 Å². The van der Waals surface area contributed by atoms with Gasteiger partial charge in [0.2, 0.25) is 0 Å². The third-order valence-electron chi connectivity index (χ3n) is 3.66. The summed E-state index contributed by atoms with van der Waals surface area (Å²) >= 11 is 0. The van der Waals surface area contributed by atoms with E-state index in [1.54, 1.807) is 17.0 Å². The van der Waals surface area contributed by atoms with Crippen LogP contribution in [-0.2, 0) is 9.53 Å². The van der Waals surface area contributed by atoms with Gasteiger partial charge in [-0.3, -0.25) is 9.59 Å². The lowest BCUT2D eigenvalue weighted by Gasteiger charge is -2.31. The molecule has 1 atom stereocenters. The second kappa shape index (κ2) is 7.11. The number of para-hydroxylation sites is 1. The Morgan fingerprint density at radius 1 is 1.33 bits per heavy atom. The van der Waals surface area contributed by atoms with Crippen molar-refractivity contribution in [1.29, 1.82) is 0 Å². The van der Waals surface area contributed by atoms with E-state index in [1.165, 1.54) is 7.11 Å². The molecule has 5 nitrogen and oxygen atoms in total. The molecule has 1 aromatic carbocycles. The number of hydrogen-bond acceptors (Lipinski definition) is 4. The second-order valence-electron chi connectivity index (χ2n) is 5.04. The summed E-state index contributed by atoms with van der Waals surface area (Å²) in [6.07, 6.45) is 1.58. The number of esters is 1. The summed E-state index contributed by atoms with van der Waals surface area (Å²) in [4.78, 5) is 26.0. The first-order valence-corrected chi connectivity index (χ1v) is 7.26. The topological polar surface area (TPSA) is 55.8 Å². The Kier molecular flexibility index (Phi) is 5.20. The molecule has 0 aromatic heterocycles. The van der Waals surface area contributed by atoms with Gasteiger partial charge in [-0.15, -0.1) is 0 Å². The zero-order valence-electron chi connectivity index (χ0n) is 12.5. The summed E-state index contributed by atoms with van der Waals surface area (Å²) in [6.45, 7) is 3.46. The van der Waals surface area contributed by atoms with E-state index < -0.39 is 0 Å². The molecular weight excluding hydrogens is 270 g/mol. The van der Waals surface area contributed by atoms with Crippen LogP contribution in [0.1, 0.15) is 30.1 Å². The summed E-state index contributed by atoms with van der Waals surface area (Å²) in [6, 6.07) is 7.21. The standard InChI is InChI=1S/C16H21NO4/c1-3-21-14-9-5-4-8-13(14)15(18)17-10-6-7-12(11-17)16(19)20-2/h4-5,8-9,12H,3,6-7,10-11H2,1-2H3/t12-/m0/s1. The van der Waals surface area contributed by atoms with Gasteiger partial charge >= 0.3 is 5.97 Å². The van der Waals surface area contributed by atoms with E-state index in [2.05, 4.69) is 0 Å². The van der Waals surface area contributed by atoms with Crippen molar-refractivity contribution < 1.29 is 19.1 Å². The Morgan fingerprint density at radius 2 is 2.10 bits per heavy atom. The van der Waals surface area contributed by atoms with Crippen molar-refractivity contribution in [2.45, 2.75) is 19.8 Å². The molecule has 0 spiro atoms. The van der Waals surface area contributed by atoms with Gasteiger partial charge in [0.25, 0.3) is 5.91 Å². The molecule has 1 aromatic rings. The van der Waals surface area contributed by atoms with E-state index in [0.29, 0.717) is 31.0 Å². The number of ether oxygens (including phenoxy) is 2. The highest BCUT2D eigenvalue weighted by molar-refractivity contribution is 5.97.